The van der Waals surface area contributed by atoms with Gasteiger partial charge in [-0.3, -0.25) is 0 Å². The lowest BCUT2D eigenvalue weighted by Crippen LogP contribution is -2.60. The Hall–Kier alpha value is 0.540. The molecular weight excluding hydrogens is 183 g/mol. The van der Waals surface area contributed by atoms with Crippen LogP contribution in [0.2, 0.25) is 0 Å². The quantitative estimate of drug-likeness (QED) is 0.588. The first-order valence-electron chi connectivity index (χ1n) is 4.20. The third kappa shape index (κ3) is 1.01. The Bertz CT molecular complexity index is 169. The monoisotopic (exact) mass is 194 g/mol. The van der Waals surface area contributed by atoms with Gasteiger partial charge in [0.15, 0.2) is 0 Å². The first kappa shape index (κ1) is 8.15. The van der Waals surface area contributed by atoms with Crippen molar-refractivity contribution in [3.8, 4) is 0 Å². The predicted molar refractivity (Wildman–Crippen MR) is 45.9 cm³/mol. The number of halogens is 2. The summed E-state index contributed by atoms with van der Waals surface area (Å²) in [6.45, 7) is 0. The minimum absolute atomic E-state index is 0.356. The molecule has 0 amide bonds. The zero-order valence-electron chi connectivity index (χ0n) is 6.26. The summed E-state index contributed by atoms with van der Waals surface area (Å²) in [6, 6.07) is 0. The molecule has 2 fully saturated rings. The highest BCUT2D eigenvalue weighted by Crippen LogP contribution is 2.57. The number of rotatable bonds is 0. The SMILES string of the molecule is OC1[C@H]2CCCC[C@H]2C1(Cl)Cl. The van der Waals surface area contributed by atoms with Crippen LogP contribution in [0.15, 0.2) is 0 Å². The standard InChI is InChI=1S/C8H12Cl2O/c9-8(10)6-4-2-1-3-5(6)7(8)11/h5-7,11H,1-4H2/t5-,6+,7?/m0/s1. The smallest absolute Gasteiger partial charge is 0.147 e. The molecule has 3 atom stereocenters. The number of aliphatic hydroxyl groups is 1. The van der Waals surface area contributed by atoms with E-state index in [1.165, 1.54) is 12.8 Å². The van der Waals surface area contributed by atoms with Crippen LogP contribution < -0.4 is 0 Å². The number of alkyl halides is 2. The van der Waals surface area contributed by atoms with Crippen LogP contribution in [0.1, 0.15) is 25.7 Å². The summed E-state index contributed by atoms with van der Waals surface area (Å²) in [5, 5.41) is 9.51. The van der Waals surface area contributed by atoms with Crippen LogP contribution in [0, 0.1) is 11.8 Å². The summed E-state index contributed by atoms with van der Waals surface area (Å²) in [6.07, 6.45) is 4.16. The molecule has 2 rings (SSSR count). The van der Waals surface area contributed by atoms with Crippen molar-refractivity contribution < 1.29 is 5.11 Å². The minimum atomic E-state index is -0.828. The van der Waals surface area contributed by atoms with E-state index in [0.29, 0.717) is 11.8 Å². The van der Waals surface area contributed by atoms with Gasteiger partial charge in [0.25, 0.3) is 0 Å². The van der Waals surface area contributed by atoms with E-state index in [1.807, 2.05) is 0 Å². The Morgan fingerprint density at radius 1 is 1.18 bits per heavy atom. The van der Waals surface area contributed by atoms with Gasteiger partial charge in [0, 0.05) is 0 Å². The summed E-state index contributed by atoms with van der Waals surface area (Å²) in [4.78, 5) is 0. The van der Waals surface area contributed by atoms with Crippen LogP contribution in [0.4, 0.5) is 0 Å². The second-order valence-electron chi connectivity index (χ2n) is 3.67. The second kappa shape index (κ2) is 2.51. The summed E-state index contributed by atoms with van der Waals surface area (Å²) < 4.78 is -0.828. The van der Waals surface area contributed by atoms with E-state index >= 15 is 0 Å². The Labute approximate surface area is 76.7 Å². The lowest BCUT2D eigenvalue weighted by Gasteiger charge is -2.54. The van der Waals surface area contributed by atoms with Crippen LogP contribution in [-0.4, -0.2) is 15.5 Å². The highest BCUT2D eigenvalue weighted by molar-refractivity contribution is 6.49. The van der Waals surface area contributed by atoms with Crippen LogP contribution >= 0.6 is 23.2 Å². The number of hydrogen-bond donors (Lipinski definition) is 1. The van der Waals surface area contributed by atoms with Gasteiger partial charge in [-0.1, -0.05) is 36.0 Å². The van der Waals surface area contributed by atoms with E-state index in [9.17, 15) is 5.11 Å². The molecule has 1 nitrogen and oxygen atoms in total. The van der Waals surface area contributed by atoms with Crippen molar-refractivity contribution in [2.45, 2.75) is 36.1 Å². The third-order valence-electron chi connectivity index (χ3n) is 3.11. The Morgan fingerprint density at radius 3 is 2.45 bits per heavy atom. The minimum Gasteiger partial charge on any atom is -0.390 e. The summed E-state index contributed by atoms with van der Waals surface area (Å²) in [5.74, 6) is 0.744. The largest absolute Gasteiger partial charge is 0.390 e. The fraction of sp³-hybridized carbons (Fsp3) is 1.00. The lowest BCUT2D eigenvalue weighted by atomic mass is 9.62. The molecular formula is C8H12Cl2O. The number of aliphatic hydroxyl groups excluding tert-OH is 1. The van der Waals surface area contributed by atoms with Gasteiger partial charge in [0.1, 0.15) is 4.33 Å². The molecule has 0 aliphatic heterocycles. The zero-order chi connectivity index (χ0) is 8.06. The normalized spacial score (nSPS) is 47.7. The highest BCUT2D eigenvalue weighted by atomic mass is 35.5. The number of fused-ring (bicyclic) bond motifs is 1. The molecule has 0 radical (unpaired) electrons. The van der Waals surface area contributed by atoms with Crippen LogP contribution in [0.3, 0.4) is 0 Å². The fourth-order valence-electron chi connectivity index (χ4n) is 2.40. The van der Waals surface area contributed by atoms with Gasteiger partial charge in [0.2, 0.25) is 0 Å². The van der Waals surface area contributed by atoms with E-state index in [4.69, 9.17) is 23.2 Å². The van der Waals surface area contributed by atoms with Gasteiger partial charge in [-0.15, -0.1) is 0 Å². The average molecular weight is 195 g/mol. The summed E-state index contributed by atoms with van der Waals surface area (Å²) in [7, 11) is 0. The average Bonchev–Trinajstić information content (AvgIpc) is 2.04. The van der Waals surface area contributed by atoms with Gasteiger partial charge >= 0.3 is 0 Å². The summed E-state index contributed by atoms with van der Waals surface area (Å²) >= 11 is 11.9. The first-order chi connectivity index (χ1) is 5.14. The van der Waals surface area contributed by atoms with E-state index in [0.717, 1.165) is 12.8 Å². The molecule has 0 aromatic rings. The van der Waals surface area contributed by atoms with Crippen molar-refractivity contribution in [3.63, 3.8) is 0 Å². The van der Waals surface area contributed by atoms with Gasteiger partial charge in [-0.05, 0) is 24.7 Å². The Kier molecular flexibility index (Phi) is 1.86. The van der Waals surface area contributed by atoms with E-state index < -0.39 is 10.4 Å². The fourth-order valence-corrected chi connectivity index (χ4v) is 3.27. The van der Waals surface area contributed by atoms with Crippen LogP contribution in [0.25, 0.3) is 0 Å². The second-order valence-corrected chi connectivity index (χ2v) is 5.12. The predicted octanol–water partition coefficient (Wildman–Crippen LogP) is 2.34. The molecule has 0 saturated heterocycles. The molecule has 64 valence electrons. The molecule has 2 aliphatic carbocycles. The molecule has 0 aromatic heterocycles. The molecule has 2 saturated carbocycles. The molecule has 3 heteroatoms. The maximum Gasteiger partial charge on any atom is 0.147 e. The van der Waals surface area contributed by atoms with E-state index in [-0.39, 0.29) is 0 Å². The molecule has 1 N–H and O–H groups in total. The Morgan fingerprint density at radius 2 is 1.82 bits per heavy atom. The highest BCUT2D eigenvalue weighted by Gasteiger charge is 2.59. The van der Waals surface area contributed by atoms with Gasteiger partial charge < -0.3 is 5.11 Å². The first-order valence-corrected chi connectivity index (χ1v) is 4.95. The summed E-state index contributed by atoms with van der Waals surface area (Å²) in [5.41, 5.74) is 0. The topological polar surface area (TPSA) is 20.2 Å². The van der Waals surface area contributed by atoms with Crippen molar-refractivity contribution in [2.24, 2.45) is 11.8 Å². The maximum atomic E-state index is 9.51. The van der Waals surface area contributed by atoms with Gasteiger partial charge in [-0.25, -0.2) is 0 Å². The number of hydrogen-bond acceptors (Lipinski definition) is 1. The van der Waals surface area contributed by atoms with Crippen molar-refractivity contribution in [2.75, 3.05) is 0 Å². The molecule has 2 aliphatic rings. The molecule has 0 bridgehead atoms. The lowest BCUT2D eigenvalue weighted by molar-refractivity contribution is -0.0675. The molecule has 0 aromatic carbocycles. The van der Waals surface area contributed by atoms with Crippen molar-refractivity contribution in [1.82, 2.24) is 0 Å². The molecule has 1 unspecified atom stereocenters. The van der Waals surface area contributed by atoms with Crippen molar-refractivity contribution >= 4 is 23.2 Å². The van der Waals surface area contributed by atoms with E-state index in [1.54, 1.807) is 0 Å². The molecule has 11 heavy (non-hydrogen) atoms. The maximum absolute atomic E-state index is 9.51. The van der Waals surface area contributed by atoms with E-state index in [2.05, 4.69) is 0 Å². The van der Waals surface area contributed by atoms with Gasteiger partial charge in [0.05, 0.1) is 6.10 Å². The molecule has 0 heterocycles. The van der Waals surface area contributed by atoms with Crippen LogP contribution in [-0.2, 0) is 0 Å². The molecule has 0 spiro atoms. The third-order valence-corrected chi connectivity index (χ3v) is 4.12. The van der Waals surface area contributed by atoms with Crippen LogP contribution in [0.5, 0.6) is 0 Å². The Balaban J connectivity index is 2.09. The van der Waals surface area contributed by atoms with Crippen molar-refractivity contribution in [1.29, 1.82) is 0 Å². The van der Waals surface area contributed by atoms with Gasteiger partial charge in [-0.2, -0.15) is 0 Å². The zero-order valence-corrected chi connectivity index (χ0v) is 7.78. The van der Waals surface area contributed by atoms with Crippen molar-refractivity contribution in [3.05, 3.63) is 0 Å².